The van der Waals surface area contributed by atoms with E-state index in [-0.39, 0.29) is 17.5 Å². The van der Waals surface area contributed by atoms with Crippen molar-refractivity contribution < 1.29 is 14.3 Å². The van der Waals surface area contributed by atoms with Crippen LogP contribution in [0.5, 0.6) is 0 Å². The molecular weight excluding hydrogens is 394 g/mol. The summed E-state index contributed by atoms with van der Waals surface area (Å²) < 4.78 is 5.86. The van der Waals surface area contributed by atoms with Crippen molar-refractivity contribution in [1.29, 1.82) is 0 Å². The average Bonchev–Trinajstić information content (AvgIpc) is 3.45. The van der Waals surface area contributed by atoms with Gasteiger partial charge in [-0.05, 0) is 23.1 Å². The summed E-state index contributed by atoms with van der Waals surface area (Å²) in [6.07, 6.45) is 6.41. The molecule has 8 heteroatoms. The molecule has 1 unspecified atom stereocenters. The fraction of sp³-hybridized carbons (Fsp3) is 0.348. The summed E-state index contributed by atoms with van der Waals surface area (Å²) in [6.45, 7) is 8.25. The summed E-state index contributed by atoms with van der Waals surface area (Å²) in [4.78, 5) is 35.7. The Kier molecular flexibility index (Phi) is 3.98. The Bertz CT molecular complexity index is 1120. The number of rotatable bonds is 4. The van der Waals surface area contributed by atoms with Crippen LogP contribution in [0.25, 0.3) is 6.08 Å². The summed E-state index contributed by atoms with van der Waals surface area (Å²) in [7, 11) is 1.48. The van der Waals surface area contributed by atoms with Crippen molar-refractivity contribution in [3.8, 4) is 0 Å². The molecule has 2 aromatic rings. The first kappa shape index (κ1) is 19.6. The lowest BCUT2D eigenvalue weighted by Crippen LogP contribution is -2.66. The molecule has 4 heterocycles. The number of hydrogen-bond donors (Lipinski definition) is 3. The Morgan fingerprint density at radius 1 is 1.32 bits per heavy atom. The van der Waals surface area contributed by atoms with Gasteiger partial charge < -0.3 is 20.4 Å². The Morgan fingerprint density at radius 3 is 2.77 bits per heavy atom. The number of carbonyl (C=O) groups is 2. The molecule has 5 rings (SSSR count). The van der Waals surface area contributed by atoms with Crippen LogP contribution in [0, 0.1) is 5.41 Å². The van der Waals surface area contributed by atoms with E-state index in [0.717, 1.165) is 11.3 Å². The van der Waals surface area contributed by atoms with Gasteiger partial charge in [0.05, 0.1) is 18.2 Å². The Hall–Kier alpha value is -3.39. The number of para-hydroxylation sites is 1. The molecule has 0 radical (unpaired) electrons. The lowest BCUT2D eigenvalue weighted by Gasteiger charge is -2.43. The number of fused-ring (bicyclic) bond motifs is 5. The maximum Gasteiger partial charge on any atom is 0.278 e. The maximum atomic E-state index is 13.8. The van der Waals surface area contributed by atoms with Crippen LogP contribution in [0.2, 0.25) is 0 Å². The number of benzene rings is 1. The summed E-state index contributed by atoms with van der Waals surface area (Å²) in [5, 5.41) is 6.29. The first-order chi connectivity index (χ1) is 14.8. The van der Waals surface area contributed by atoms with Gasteiger partial charge in [0.25, 0.3) is 11.8 Å². The van der Waals surface area contributed by atoms with Gasteiger partial charge in [-0.15, -0.1) is 6.58 Å². The molecule has 2 amide bonds. The van der Waals surface area contributed by atoms with Crippen molar-refractivity contribution in [2.45, 2.75) is 37.6 Å². The van der Waals surface area contributed by atoms with E-state index < -0.39 is 22.7 Å². The number of aromatic amines is 1. The number of amides is 2. The first-order valence-electron chi connectivity index (χ1n) is 10.2. The van der Waals surface area contributed by atoms with Crippen molar-refractivity contribution in [2.24, 2.45) is 5.41 Å². The molecule has 2 saturated heterocycles. The van der Waals surface area contributed by atoms with Crippen LogP contribution >= 0.6 is 0 Å². The molecule has 31 heavy (non-hydrogen) atoms. The van der Waals surface area contributed by atoms with E-state index in [4.69, 9.17) is 4.74 Å². The molecule has 0 bridgehead atoms. The second kappa shape index (κ2) is 6.31. The summed E-state index contributed by atoms with van der Waals surface area (Å²) >= 11 is 0. The number of anilines is 1. The molecule has 0 saturated carbocycles. The molecule has 2 fully saturated rings. The third kappa shape index (κ3) is 2.31. The van der Waals surface area contributed by atoms with E-state index in [0.29, 0.717) is 12.1 Å². The molecule has 3 atom stereocenters. The molecule has 0 aliphatic carbocycles. The number of H-pyrrole nitrogens is 1. The fourth-order valence-corrected chi connectivity index (χ4v) is 5.41. The van der Waals surface area contributed by atoms with Gasteiger partial charge in [0.15, 0.2) is 0 Å². The molecule has 1 aromatic carbocycles. The molecule has 3 N–H and O–H groups in total. The van der Waals surface area contributed by atoms with Gasteiger partial charge in [-0.3, -0.25) is 14.5 Å². The highest BCUT2D eigenvalue weighted by Gasteiger charge is 2.73. The van der Waals surface area contributed by atoms with Crippen molar-refractivity contribution in [1.82, 2.24) is 20.2 Å². The van der Waals surface area contributed by atoms with E-state index in [1.54, 1.807) is 17.2 Å². The molecule has 160 valence electrons. The number of methoxy groups -OCH3 is 1. The Morgan fingerprint density at radius 2 is 2.10 bits per heavy atom. The number of piperazine rings is 1. The minimum absolute atomic E-state index is 0.173. The van der Waals surface area contributed by atoms with E-state index in [2.05, 4.69) is 47.1 Å². The minimum atomic E-state index is -1.44. The van der Waals surface area contributed by atoms with Crippen molar-refractivity contribution in [2.75, 3.05) is 12.4 Å². The number of allylic oxidation sites excluding steroid dienone is 1. The quantitative estimate of drug-likeness (QED) is 0.522. The largest absolute Gasteiger partial charge is 0.364 e. The van der Waals surface area contributed by atoms with Crippen molar-refractivity contribution in [3.63, 3.8) is 0 Å². The third-order valence-electron chi connectivity index (χ3n) is 7.20. The SMILES string of the molecule is C=CC(C)(C)[C@@]12CC3(OC)C(=O)N/C(=C/c4cnc[nH]4)C(=O)N3[C@@H]1Nc1ccccc12. The number of nitrogens with zero attached hydrogens (tertiary/aromatic N) is 2. The van der Waals surface area contributed by atoms with Crippen LogP contribution in [0.4, 0.5) is 5.69 Å². The van der Waals surface area contributed by atoms with E-state index >= 15 is 0 Å². The number of aromatic nitrogens is 2. The van der Waals surface area contributed by atoms with Crippen LogP contribution < -0.4 is 10.6 Å². The zero-order valence-electron chi connectivity index (χ0n) is 17.7. The van der Waals surface area contributed by atoms with E-state index in [1.807, 2.05) is 24.3 Å². The van der Waals surface area contributed by atoms with Crippen molar-refractivity contribution >= 4 is 23.6 Å². The standard InChI is InChI=1S/C23H25N5O3/c1-5-21(2,3)22-12-23(31-4)20(30)27-17(10-14-11-24-13-25-14)18(29)28(23)19(22)26-16-9-7-6-8-15(16)22/h5-11,13,19,26H,1,12H2,2-4H3,(H,24,25)(H,27,30)/b17-10+/t19-,22+,23?/m0/s1. The van der Waals surface area contributed by atoms with E-state index in [1.165, 1.54) is 13.4 Å². The van der Waals surface area contributed by atoms with Crippen LogP contribution in [0.3, 0.4) is 0 Å². The zero-order valence-corrected chi connectivity index (χ0v) is 17.7. The summed E-state index contributed by atoms with van der Waals surface area (Å²) in [6, 6.07) is 7.99. The number of nitrogens with one attached hydrogen (secondary N) is 3. The topological polar surface area (TPSA) is 99.3 Å². The van der Waals surface area contributed by atoms with Gasteiger partial charge in [-0.25, -0.2) is 4.98 Å². The highest BCUT2D eigenvalue weighted by Crippen LogP contribution is 2.63. The molecule has 3 aliphatic heterocycles. The lowest BCUT2D eigenvalue weighted by atomic mass is 9.60. The molecule has 1 aromatic heterocycles. The van der Waals surface area contributed by atoms with Gasteiger partial charge in [-0.2, -0.15) is 0 Å². The number of imidazole rings is 1. The predicted molar refractivity (Wildman–Crippen MR) is 115 cm³/mol. The molecule has 3 aliphatic rings. The predicted octanol–water partition coefficient (Wildman–Crippen LogP) is 2.36. The smallest absolute Gasteiger partial charge is 0.278 e. The van der Waals surface area contributed by atoms with Gasteiger partial charge in [-0.1, -0.05) is 38.1 Å². The second-order valence-corrected chi connectivity index (χ2v) is 8.85. The zero-order chi connectivity index (χ0) is 22.0. The van der Waals surface area contributed by atoms with Gasteiger partial charge in [0.1, 0.15) is 11.9 Å². The number of hydrogen-bond acceptors (Lipinski definition) is 5. The maximum absolute atomic E-state index is 13.8. The minimum Gasteiger partial charge on any atom is -0.364 e. The molecule has 8 nitrogen and oxygen atoms in total. The monoisotopic (exact) mass is 419 g/mol. The van der Waals surface area contributed by atoms with Crippen LogP contribution in [0.15, 0.2) is 55.1 Å². The number of carbonyl (C=O) groups excluding carboxylic acids is 2. The third-order valence-corrected chi connectivity index (χ3v) is 7.20. The molecule has 0 spiro atoms. The van der Waals surface area contributed by atoms with Crippen molar-refractivity contribution in [3.05, 3.63) is 66.4 Å². The normalized spacial score (nSPS) is 30.5. The highest BCUT2D eigenvalue weighted by molar-refractivity contribution is 6.09. The number of ether oxygens (including phenoxy) is 1. The van der Waals surface area contributed by atoms with Crippen LogP contribution in [0.1, 0.15) is 31.5 Å². The average molecular weight is 419 g/mol. The fourth-order valence-electron chi connectivity index (χ4n) is 5.41. The van der Waals surface area contributed by atoms with Crippen LogP contribution in [-0.4, -0.2) is 45.7 Å². The highest BCUT2D eigenvalue weighted by atomic mass is 16.5. The lowest BCUT2D eigenvalue weighted by molar-refractivity contribution is -0.180. The van der Waals surface area contributed by atoms with Gasteiger partial charge >= 0.3 is 0 Å². The molecular formula is C23H25N5O3. The summed E-state index contributed by atoms with van der Waals surface area (Å²) in [5.74, 6) is -0.684. The van der Waals surface area contributed by atoms with Gasteiger partial charge in [0, 0.05) is 24.6 Å². The van der Waals surface area contributed by atoms with Gasteiger partial charge in [0.2, 0.25) is 5.72 Å². The van der Waals surface area contributed by atoms with E-state index in [9.17, 15) is 9.59 Å². The summed E-state index contributed by atoms with van der Waals surface area (Å²) in [5.41, 5.74) is 0.292. The van der Waals surface area contributed by atoms with Crippen LogP contribution in [-0.2, 0) is 19.7 Å². The Balaban J connectivity index is 1.72. The first-order valence-corrected chi connectivity index (χ1v) is 10.2. The second-order valence-electron chi connectivity index (χ2n) is 8.85. The Labute approximate surface area is 180 Å².